The predicted molar refractivity (Wildman–Crippen MR) is 90.4 cm³/mol. The fourth-order valence-electron chi connectivity index (χ4n) is 3.97. The highest BCUT2D eigenvalue weighted by Crippen LogP contribution is 2.35. The normalized spacial score (nSPS) is 19.7. The molecule has 1 fully saturated rings. The van der Waals surface area contributed by atoms with Gasteiger partial charge < -0.3 is 4.90 Å². The van der Waals surface area contributed by atoms with E-state index in [0.717, 1.165) is 51.0 Å². The van der Waals surface area contributed by atoms with E-state index in [1.54, 1.807) is 10.7 Å². The smallest absolute Gasteiger partial charge is 0.267 e. The van der Waals surface area contributed by atoms with Gasteiger partial charge in [0, 0.05) is 30.0 Å². The molecule has 1 saturated heterocycles. The lowest BCUT2D eigenvalue weighted by Crippen LogP contribution is -2.49. The summed E-state index contributed by atoms with van der Waals surface area (Å²) in [5.41, 5.74) is 3.69. The van der Waals surface area contributed by atoms with Gasteiger partial charge in [0.05, 0.1) is 17.9 Å². The maximum absolute atomic E-state index is 12.2. The van der Waals surface area contributed by atoms with E-state index < -0.39 is 0 Å². The van der Waals surface area contributed by atoms with E-state index in [9.17, 15) is 4.79 Å². The summed E-state index contributed by atoms with van der Waals surface area (Å²) >= 11 is 1.86. The van der Waals surface area contributed by atoms with Crippen molar-refractivity contribution < 1.29 is 0 Å². The highest BCUT2D eigenvalue weighted by molar-refractivity contribution is 7.15. The van der Waals surface area contributed by atoms with Crippen LogP contribution in [0, 0.1) is 5.92 Å². The molecule has 0 N–H and O–H groups in total. The van der Waals surface area contributed by atoms with Gasteiger partial charge in [-0.15, -0.1) is 11.3 Å². The molecule has 2 aromatic heterocycles. The first-order chi connectivity index (χ1) is 11.3. The summed E-state index contributed by atoms with van der Waals surface area (Å²) in [5.74, 6) is 0.512. The second-order valence-electron chi connectivity index (χ2n) is 6.98. The van der Waals surface area contributed by atoms with Crippen molar-refractivity contribution in [3.8, 4) is 0 Å². The van der Waals surface area contributed by atoms with E-state index in [1.807, 2.05) is 11.3 Å². The molecule has 120 valence electrons. The van der Waals surface area contributed by atoms with Crippen molar-refractivity contribution in [1.82, 2.24) is 14.8 Å². The van der Waals surface area contributed by atoms with Crippen LogP contribution in [0.25, 0.3) is 0 Å². The van der Waals surface area contributed by atoms with Gasteiger partial charge in [0.2, 0.25) is 0 Å². The van der Waals surface area contributed by atoms with Crippen LogP contribution in [0.2, 0.25) is 0 Å². The van der Waals surface area contributed by atoms with Crippen LogP contribution in [-0.2, 0) is 32.2 Å². The molecule has 2 aromatic rings. The van der Waals surface area contributed by atoms with E-state index in [2.05, 4.69) is 10.00 Å². The third-order valence-corrected chi connectivity index (χ3v) is 6.49. The average molecular weight is 328 g/mol. The molecule has 2 aliphatic carbocycles. The lowest BCUT2D eigenvalue weighted by Gasteiger charge is -2.39. The van der Waals surface area contributed by atoms with E-state index in [0.29, 0.717) is 5.92 Å². The summed E-state index contributed by atoms with van der Waals surface area (Å²) in [5, 5.41) is 5.77. The van der Waals surface area contributed by atoms with Crippen LogP contribution in [0.4, 0.5) is 5.13 Å². The summed E-state index contributed by atoms with van der Waals surface area (Å²) in [6, 6.07) is 1.80. The van der Waals surface area contributed by atoms with Crippen LogP contribution in [0.15, 0.2) is 10.9 Å². The Morgan fingerprint density at radius 2 is 1.96 bits per heavy atom. The Hall–Kier alpha value is -1.69. The number of fused-ring (bicyclic) bond motifs is 2. The van der Waals surface area contributed by atoms with Crippen LogP contribution < -0.4 is 10.5 Å². The molecule has 6 heteroatoms. The molecule has 0 atom stereocenters. The molecule has 0 saturated carbocycles. The Bertz CT molecular complexity index is 797. The van der Waals surface area contributed by atoms with Crippen molar-refractivity contribution in [3.05, 3.63) is 38.2 Å². The van der Waals surface area contributed by atoms with Gasteiger partial charge in [0.15, 0.2) is 5.13 Å². The second-order valence-corrected chi connectivity index (χ2v) is 8.04. The minimum Gasteiger partial charge on any atom is -0.347 e. The number of hydrogen-bond acceptors (Lipinski definition) is 5. The molecule has 5 nitrogen and oxygen atoms in total. The van der Waals surface area contributed by atoms with Crippen molar-refractivity contribution in [2.75, 3.05) is 18.0 Å². The molecule has 0 aromatic carbocycles. The number of aromatic nitrogens is 3. The van der Waals surface area contributed by atoms with Gasteiger partial charge in [-0.3, -0.25) is 4.79 Å². The maximum Gasteiger partial charge on any atom is 0.267 e. The largest absolute Gasteiger partial charge is 0.347 e. The number of rotatable bonds is 3. The molecular weight excluding hydrogens is 308 g/mol. The highest BCUT2D eigenvalue weighted by Gasteiger charge is 2.31. The molecule has 0 radical (unpaired) electrons. The van der Waals surface area contributed by atoms with E-state index in [4.69, 9.17) is 4.98 Å². The lowest BCUT2D eigenvalue weighted by atomic mass is 10.0. The number of thiazole rings is 1. The Morgan fingerprint density at radius 1 is 1.13 bits per heavy atom. The predicted octanol–water partition coefficient (Wildman–Crippen LogP) is 1.81. The van der Waals surface area contributed by atoms with Gasteiger partial charge in [-0.25, -0.2) is 9.67 Å². The van der Waals surface area contributed by atoms with Crippen molar-refractivity contribution in [2.24, 2.45) is 5.92 Å². The van der Waals surface area contributed by atoms with Crippen molar-refractivity contribution >= 4 is 16.5 Å². The first-order valence-corrected chi connectivity index (χ1v) is 9.41. The highest BCUT2D eigenvalue weighted by atomic mass is 32.1. The molecule has 0 amide bonds. The zero-order valence-electron chi connectivity index (χ0n) is 13.1. The van der Waals surface area contributed by atoms with Gasteiger partial charge in [-0.1, -0.05) is 0 Å². The Balaban J connectivity index is 1.26. The molecule has 23 heavy (non-hydrogen) atoms. The summed E-state index contributed by atoms with van der Waals surface area (Å²) in [7, 11) is 0. The number of anilines is 1. The van der Waals surface area contributed by atoms with E-state index >= 15 is 0 Å². The van der Waals surface area contributed by atoms with Crippen molar-refractivity contribution in [3.63, 3.8) is 0 Å². The van der Waals surface area contributed by atoms with Crippen LogP contribution in [-0.4, -0.2) is 27.9 Å². The Kier molecular flexibility index (Phi) is 3.08. The monoisotopic (exact) mass is 328 g/mol. The topological polar surface area (TPSA) is 51.0 Å². The average Bonchev–Trinajstić information content (AvgIpc) is 3.16. The quantitative estimate of drug-likeness (QED) is 0.862. The maximum atomic E-state index is 12.2. The first kappa shape index (κ1) is 13.7. The molecule has 0 bridgehead atoms. The van der Waals surface area contributed by atoms with E-state index in [-0.39, 0.29) is 5.56 Å². The molecule has 0 unspecified atom stereocenters. The molecule has 1 aliphatic heterocycles. The second kappa shape index (κ2) is 5.16. The third kappa shape index (κ3) is 2.31. The van der Waals surface area contributed by atoms with Gasteiger partial charge in [0.25, 0.3) is 5.56 Å². The molecule has 3 aliphatic rings. The molecule has 5 rings (SSSR count). The van der Waals surface area contributed by atoms with Crippen LogP contribution in [0.1, 0.15) is 34.7 Å². The summed E-state index contributed by atoms with van der Waals surface area (Å²) < 4.78 is 1.69. The van der Waals surface area contributed by atoms with Crippen molar-refractivity contribution in [2.45, 2.75) is 45.1 Å². The van der Waals surface area contributed by atoms with Crippen LogP contribution in [0.5, 0.6) is 0 Å². The van der Waals surface area contributed by atoms with Gasteiger partial charge >= 0.3 is 0 Å². The lowest BCUT2D eigenvalue weighted by molar-refractivity contribution is 0.333. The summed E-state index contributed by atoms with van der Waals surface area (Å²) in [6.45, 7) is 2.74. The van der Waals surface area contributed by atoms with Gasteiger partial charge in [-0.2, -0.15) is 5.10 Å². The minimum atomic E-state index is 0.0670. The number of aryl methyl sites for hydroxylation is 4. The Labute approximate surface area is 139 Å². The first-order valence-electron chi connectivity index (χ1n) is 8.60. The van der Waals surface area contributed by atoms with Gasteiger partial charge in [0.1, 0.15) is 0 Å². The standard InChI is InChI=1S/C17H20N4OS/c22-16-7-12-3-1-4-13(12)19-21(16)10-11-8-20(9-11)17-18-14-5-2-6-15(14)23-17/h7,11H,1-6,8-10H2. The zero-order chi connectivity index (χ0) is 15.4. The van der Waals surface area contributed by atoms with Crippen LogP contribution >= 0.6 is 11.3 Å². The minimum absolute atomic E-state index is 0.0670. The fraction of sp³-hybridized carbons (Fsp3) is 0.588. The third-order valence-electron chi connectivity index (χ3n) is 5.27. The summed E-state index contributed by atoms with van der Waals surface area (Å²) in [6.07, 6.45) is 6.80. The van der Waals surface area contributed by atoms with Gasteiger partial charge in [-0.05, 0) is 44.1 Å². The number of nitrogens with zero attached hydrogens (tertiary/aromatic N) is 4. The van der Waals surface area contributed by atoms with E-state index in [1.165, 1.54) is 34.1 Å². The molecule has 3 heterocycles. The zero-order valence-corrected chi connectivity index (χ0v) is 13.9. The fourth-order valence-corrected chi connectivity index (χ4v) is 5.13. The summed E-state index contributed by atoms with van der Waals surface area (Å²) in [4.78, 5) is 20.8. The SMILES string of the molecule is O=c1cc2c(nn1CC1CN(c3nc4c(s3)CCC4)C1)CCC2. The Morgan fingerprint density at radius 3 is 2.83 bits per heavy atom. The van der Waals surface area contributed by atoms with Crippen LogP contribution in [0.3, 0.4) is 0 Å². The molecule has 0 spiro atoms. The molecular formula is C17H20N4OS. The number of hydrogen-bond donors (Lipinski definition) is 0. The van der Waals surface area contributed by atoms with Crippen molar-refractivity contribution in [1.29, 1.82) is 0 Å².